The van der Waals surface area contributed by atoms with Gasteiger partial charge in [0.25, 0.3) is 0 Å². The Balaban J connectivity index is 2.13. The predicted octanol–water partition coefficient (Wildman–Crippen LogP) is 3.69. The monoisotopic (exact) mass is 301 g/mol. The van der Waals surface area contributed by atoms with Crippen molar-refractivity contribution in [1.82, 2.24) is 0 Å². The largest absolute Gasteiger partial charge is 0.478 e. The average molecular weight is 302 g/mol. The summed E-state index contributed by atoms with van der Waals surface area (Å²) >= 11 is 5.75. The molecular formula is C16H12ClNO3. The van der Waals surface area contributed by atoms with E-state index in [0.717, 1.165) is 5.56 Å². The van der Waals surface area contributed by atoms with Gasteiger partial charge in [-0.2, -0.15) is 0 Å². The van der Waals surface area contributed by atoms with Crippen molar-refractivity contribution in [1.29, 1.82) is 0 Å². The van der Waals surface area contributed by atoms with Crippen LogP contribution >= 0.6 is 11.6 Å². The van der Waals surface area contributed by atoms with Gasteiger partial charge in [-0.3, -0.25) is 4.79 Å². The van der Waals surface area contributed by atoms with Crippen molar-refractivity contribution in [2.45, 2.75) is 0 Å². The molecule has 0 unspecified atom stereocenters. The van der Waals surface area contributed by atoms with Gasteiger partial charge in [0.05, 0.1) is 11.3 Å². The van der Waals surface area contributed by atoms with E-state index in [0.29, 0.717) is 5.02 Å². The summed E-state index contributed by atoms with van der Waals surface area (Å²) in [5.74, 6) is -1.57. The lowest BCUT2D eigenvalue weighted by molar-refractivity contribution is -0.111. The highest BCUT2D eigenvalue weighted by Gasteiger charge is 2.11. The number of anilines is 1. The number of carboxylic acid groups (broad SMARTS) is 1. The van der Waals surface area contributed by atoms with E-state index in [-0.39, 0.29) is 11.3 Å². The fourth-order valence-corrected chi connectivity index (χ4v) is 1.88. The molecule has 0 spiro atoms. The maximum Gasteiger partial charge on any atom is 0.337 e. The molecule has 2 aromatic carbocycles. The summed E-state index contributed by atoms with van der Waals surface area (Å²) < 4.78 is 0. The molecule has 0 aliphatic rings. The van der Waals surface area contributed by atoms with Crippen LogP contribution in [0.3, 0.4) is 0 Å². The number of carboxylic acids is 1. The molecule has 2 aromatic rings. The molecule has 5 heteroatoms. The van der Waals surface area contributed by atoms with Crippen molar-refractivity contribution in [2.75, 3.05) is 5.32 Å². The highest BCUT2D eigenvalue weighted by atomic mass is 35.5. The number of nitrogens with one attached hydrogen (secondary N) is 1. The lowest BCUT2D eigenvalue weighted by Crippen LogP contribution is -2.12. The van der Waals surface area contributed by atoms with Crippen molar-refractivity contribution in [3.8, 4) is 0 Å². The Labute approximate surface area is 126 Å². The van der Waals surface area contributed by atoms with E-state index in [9.17, 15) is 9.59 Å². The van der Waals surface area contributed by atoms with Gasteiger partial charge >= 0.3 is 5.97 Å². The number of halogens is 1. The minimum absolute atomic E-state index is 0.0519. The van der Waals surface area contributed by atoms with Crippen LogP contribution in [-0.4, -0.2) is 17.0 Å². The first-order valence-electron chi connectivity index (χ1n) is 6.13. The zero-order valence-corrected chi connectivity index (χ0v) is 11.7. The van der Waals surface area contributed by atoms with Crippen LogP contribution in [0.15, 0.2) is 54.6 Å². The second kappa shape index (κ2) is 6.72. The minimum atomic E-state index is -1.15. The van der Waals surface area contributed by atoms with Gasteiger partial charge < -0.3 is 10.4 Å². The molecule has 0 atom stereocenters. The SMILES string of the molecule is O=C(C=Cc1ccccc1)Nc1ccc(Cl)cc1C(=O)O. The van der Waals surface area contributed by atoms with Gasteiger partial charge in [-0.1, -0.05) is 41.9 Å². The minimum Gasteiger partial charge on any atom is -0.478 e. The van der Waals surface area contributed by atoms with E-state index in [1.807, 2.05) is 30.3 Å². The van der Waals surface area contributed by atoms with Gasteiger partial charge in [0.2, 0.25) is 5.91 Å². The van der Waals surface area contributed by atoms with Gasteiger partial charge in [0, 0.05) is 11.1 Å². The van der Waals surface area contributed by atoms with Crippen molar-refractivity contribution >= 4 is 35.2 Å². The van der Waals surface area contributed by atoms with Gasteiger partial charge in [-0.15, -0.1) is 0 Å². The normalized spacial score (nSPS) is 10.5. The standard InChI is InChI=1S/C16H12ClNO3/c17-12-7-8-14(13(10-12)16(20)21)18-15(19)9-6-11-4-2-1-3-5-11/h1-10H,(H,18,19)(H,20,21). The number of hydrogen-bond acceptors (Lipinski definition) is 2. The first kappa shape index (κ1) is 14.8. The zero-order valence-electron chi connectivity index (χ0n) is 10.9. The van der Waals surface area contributed by atoms with Gasteiger partial charge in [-0.25, -0.2) is 4.79 Å². The molecule has 21 heavy (non-hydrogen) atoms. The van der Waals surface area contributed by atoms with Crippen LogP contribution in [0.25, 0.3) is 6.08 Å². The third-order valence-electron chi connectivity index (χ3n) is 2.70. The van der Waals surface area contributed by atoms with Gasteiger partial charge in [0.1, 0.15) is 0 Å². The molecule has 0 saturated carbocycles. The quantitative estimate of drug-likeness (QED) is 0.846. The Morgan fingerprint density at radius 2 is 1.81 bits per heavy atom. The van der Waals surface area contributed by atoms with Crippen LogP contribution < -0.4 is 5.32 Å². The summed E-state index contributed by atoms with van der Waals surface area (Å²) in [4.78, 5) is 22.9. The van der Waals surface area contributed by atoms with Crippen molar-refractivity contribution in [2.24, 2.45) is 0 Å². The summed E-state index contributed by atoms with van der Waals surface area (Å²) in [5.41, 5.74) is 1.03. The summed E-state index contributed by atoms with van der Waals surface area (Å²) in [6.45, 7) is 0. The molecule has 0 saturated heterocycles. The Morgan fingerprint density at radius 3 is 2.48 bits per heavy atom. The maximum absolute atomic E-state index is 11.8. The Kier molecular flexibility index (Phi) is 4.74. The van der Waals surface area contributed by atoms with E-state index >= 15 is 0 Å². The number of aromatic carboxylic acids is 1. The molecule has 0 bridgehead atoms. The van der Waals surface area contributed by atoms with E-state index in [1.165, 1.54) is 24.3 Å². The van der Waals surface area contributed by atoms with E-state index < -0.39 is 11.9 Å². The topological polar surface area (TPSA) is 66.4 Å². The molecule has 4 nitrogen and oxygen atoms in total. The molecule has 106 valence electrons. The first-order valence-corrected chi connectivity index (χ1v) is 6.51. The Hall–Kier alpha value is -2.59. The highest BCUT2D eigenvalue weighted by Crippen LogP contribution is 2.20. The molecule has 1 amide bonds. The van der Waals surface area contributed by atoms with Crippen LogP contribution in [0.4, 0.5) is 5.69 Å². The number of benzene rings is 2. The lowest BCUT2D eigenvalue weighted by Gasteiger charge is -2.06. The molecule has 0 heterocycles. The van der Waals surface area contributed by atoms with Crippen LogP contribution in [0.5, 0.6) is 0 Å². The zero-order chi connectivity index (χ0) is 15.2. The van der Waals surface area contributed by atoms with E-state index in [2.05, 4.69) is 5.32 Å². The van der Waals surface area contributed by atoms with Crippen LogP contribution in [0.1, 0.15) is 15.9 Å². The van der Waals surface area contributed by atoms with Gasteiger partial charge in [0.15, 0.2) is 0 Å². The third kappa shape index (κ3) is 4.19. The smallest absolute Gasteiger partial charge is 0.337 e. The highest BCUT2D eigenvalue weighted by molar-refractivity contribution is 6.31. The molecule has 0 radical (unpaired) electrons. The van der Waals surface area contributed by atoms with Crippen molar-refractivity contribution < 1.29 is 14.7 Å². The Bertz CT molecular complexity index is 696. The number of rotatable bonds is 4. The molecular weight excluding hydrogens is 290 g/mol. The second-order valence-electron chi connectivity index (χ2n) is 4.23. The van der Waals surface area contributed by atoms with Crippen molar-refractivity contribution in [3.05, 3.63) is 70.8 Å². The molecule has 2 N–H and O–H groups in total. The lowest BCUT2D eigenvalue weighted by atomic mass is 10.1. The summed E-state index contributed by atoms with van der Waals surface area (Å²) in [7, 11) is 0. The van der Waals surface area contributed by atoms with Crippen molar-refractivity contribution in [3.63, 3.8) is 0 Å². The van der Waals surface area contributed by atoms with Crippen LogP contribution in [0, 0.1) is 0 Å². The summed E-state index contributed by atoms with van der Waals surface area (Å²) in [5, 5.41) is 11.9. The first-order chi connectivity index (χ1) is 10.1. The number of amides is 1. The average Bonchev–Trinajstić information content (AvgIpc) is 2.48. The molecule has 0 aliphatic heterocycles. The van der Waals surface area contributed by atoms with Crippen LogP contribution in [0.2, 0.25) is 5.02 Å². The van der Waals surface area contributed by atoms with Crippen LogP contribution in [-0.2, 0) is 4.79 Å². The van der Waals surface area contributed by atoms with Gasteiger partial charge in [-0.05, 0) is 29.8 Å². The summed E-state index contributed by atoms with van der Waals surface area (Å²) in [6.07, 6.45) is 2.99. The number of carbonyl (C=O) groups excluding carboxylic acids is 1. The van der Waals surface area contributed by atoms with E-state index in [4.69, 9.17) is 16.7 Å². The number of carbonyl (C=O) groups is 2. The molecule has 0 aromatic heterocycles. The Morgan fingerprint density at radius 1 is 1.10 bits per heavy atom. The third-order valence-corrected chi connectivity index (χ3v) is 2.93. The molecule has 0 aliphatic carbocycles. The summed E-state index contributed by atoms with van der Waals surface area (Å²) in [6, 6.07) is 13.6. The fourth-order valence-electron chi connectivity index (χ4n) is 1.71. The maximum atomic E-state index is 11.8. The fraction of sp³-hybridized carbons (Fsp3) is 0. The molecule has 0 fully saturated rings. The number of hydrogen-bond donors (Lipinski definition) is 2. The second-order valence-corrected chi connectivity index (χ2v) is 4.66. The van der Waals surface area contributed by atoms with E-state index in [1.54, 1.807) is 6.08 Å². The predicted molar refractivity (Wildman–Crippen MR) is 82.5 cm³/mol. The molecule has 2 rings (SSSR count).